The second-order valence-electron chi connectivity index (χ2n) is 5.32. The van der Waals surface area contributed by atoms with Gasteiger partial charge < -0.3 is 15.2 Å². The molecule has 0 spiro atoms. The summed E-state index contributed by atoms with van der Waals surface area (Å²) >= 11 is 0. The van der Waals surface area contributed by atoms with Crippen LogP contribution in [0.2, 0.25) is 0 Å². The van der Waals surface area contributed by atoms with Crippen molar-refractivity contribution >= 4 is 11.7 Å². The Bertz CT molecular complexity index is 585. The normalized spacial score (nSPS) is 21.5. The number of amides is 1. The third-order valence-electron chi connectivity index (χ3n) is 3.79. The lowest BCUT2D eigenvalue weighted by Gasteiger charge is -2.22. The maximum atomic E-state index is 11.9. The van der Waals surface area contributed by atoms with Gasteiger partial charge in [0.1, 0.15) is 12.1 Å². The number of aromatic nitrogens is 4. The number of nitrogens with zero attached hydrogens (tertiary/aromatic N) is 4. The molecule has 0 bridgehead atoms. The van der Waals surface area contributed by atoms with Crippen LogP contribution in [-0.2, 0) is 0 Å². The van der Waals surface area contributed by atoms with Crippen molar-refractivity contribution < 1.29 is 4.79 Å². The van der Waals surface area contributed by atoms with Crippen LogP contribution in [0.25, 0.3) is 0 Å². The molecule has 2 N–H and O–H groups in total. The smallest absolute Gasteiger partial charge is 0.287 e. The van der Waals surface area contributed by atoms with E-state index < -0.39 is 0 Å². The Kier molecular flexibility index (Phi) is 3.81. The maximum absolute atomic E-state index is 11.9. The van der Waals surface area contributed by atoms with E-state index in [0.29, 0.717) is 24.3 Å². The lowest BCUT2D eigenvalue weighted by molar-refractivity contribution is 0.0938. The van der Waals surface area contributed by atoms with Crippen molar-refractivity contribution in [3.8, 4) is 0 Å². The number of carbonyl (C=O) groups is 1. The van der Waals surface area contributed by atoms with Crippen molar-refractivity contribution in [3.63, 3.8) is 0 Å². The number of anilines is 1. The second-order valence-corrected chi connectivity index (χ2v) is 5.32. The first-order chi connectivity index (χ1) is 10.2. The van der Waals surface area contributed by atoms with Crippen LogP contribution in [0.15, 0.2) is 31.0 Å². The first-order valence-electron chi connectivity index (χ1n) is 7.04. The Labute approximate surface area is 122 Å². The molecule has 1 fully saturated rings. The van der Waals surface area contributed by atoms with Crippen LogP contribution in [0.3, 0.4) is 0 Å². The Balaban J connectivity index is 1.55. The predicted octanol–water partition coefficient (Wildman–Crippen LogP) is 0.844. The number of H-pyrrole nitrogens is 1. The van der Waals surface area contributed by atoms with Crippen LogP contribution >= 0.6 is 0 Å². The van der Waals surface area contributed by atoms with Gasteiger partial charge in [-0.05, 0) is 25.3 Å². The van der Waals surface area contributed by atoms with E-state index in [9.17, 15) is 4.79 Å². The summed E-state index contributed by atoms with van der Waals surface area (Å²) in [7, 11) is 0. The lowest BCUT2D eigenvalue weighted by atomic mass is 10.1. The van der Waals surface area contributed by atoms with Gasteiger partial charge >= 0.3 is 0 Å². The van der Waals surface area contributed by atoms with Crippen molar-refractivity contribution in [1.29, 1.82) is 0 Å². The molecule has 2 atom stereocenters. The summed E-state index contributed by atoms with van der Waals surface area (Å²) in [6.07, 6.45) is 7.56. The average molecular weight is 286 g/mol. The molecule has 7 heteroatoms. The SMILES string of the molecule is CC1CC(CNC(=O)c2ncc[nH]2)CN1c1ccncn1. The highest BCUT2D eigenvalue weighted by molar-refractivity contribution is 5.90. The largest absolute Gasteiger partial charge is 0.353 e. The molecule has 0 aliphatic carbocycles. The third kappa shape index (κ3) is 3.01. The summed E-state index contributed by atoms with van der Waals surface area (Å²) in [5.74, 6) is 1.55. The predicted molar refractivity (Wildman–Crippen MR) is 77.9 cm³/mol. The molecule has 3 rings (SSSR count). The minimum Gasteiger partial charge on any atom is -0.353 e. The van der Waals surface area contributed by atoms with E-state index in [2.05, 4.69) is 37.1 Å². The van der Waals surface area contributed by atoms with Gasteiger partial charge in [0.25, 0.3) is 5.91 Å². The molecule has 1 aliphatic rings. The fraction of sp³-hybridized carbons (Fsp3) is 0.429. The van der Waals surface area contributed by atoms with Crippen molar-refractivity contribution in [2.45, 2.75) is 19.4 Å². The number of rotatable bonds is 4. The molecule has 1 saturated heterocycles. The van der Waals surface area contributed by atoms with Gasteiger partial charge in [0.05, 0.1) is 0 Å². The molecule has 2 aromatic rings. The van der Waals surface area contributed by atoms with E-state index in [1.807, 2.05) is 6.07 Å². The number of hydrogen-bond donors (Lipinski definition) is 2. The summed E-state index contributed by atoms with van der Waals surface area (Å²) in [6, 6.07) is 2.32. The van der Waals surface area contributed by atoms with E-state index in [1.165, 1.54) is 0 Å². The van der Waals surface area contributed by atoms with Crippen molar-refractivity contribution in [1.82, 2.24) is 25.3 Å². The summed E-state index contributed by atoms with van der Waals surface area (Å²) in [5.41, 5.74) is 0. The number of imidazole rings is 1. The van der Waals surface area contributed by atoms with Crippen molar-refractivity contribution in [3.05, 3.63) is 36.8 Å². The number of hydrogen-bond acceptors (Lipinski definition) is 5. The minimum atomic E-state index is -0.159. The minimum absolute atomic E-state index is 0.159. The van der Waals surface area contributed by atoms with Gasteiger partial charge in [0.2, 0.25) is 0 Å². The van der Waals surface area contributed by atoms with Crippen LogP contribution in [-0.4, -0.2) is 45.0 Å². The van der Waals surface area contributed by atoms with Gasteiger partial charge in [-0.25, -0.2) is 15.0 Å². The van der Waals surface area contributed by atoms with E-state index in [1.54, 1.807) is 24.9 Å². The highest BCUT2D eigenvalue weighted by atomic mass is 16.2. The molecule has 21 heavy (non-hydrogen) atoms. The van der Waals surface area contributed by atoms with E-state index in [4.69, 9.17) is 0 Å². The van der Waals surface area contributed by atoms with Crippen LogP contribution in [0.1, 0.15) is 24.0 Å². The van der Waals surface area contributed by atoms with Crippen molar-refractivity contribution in [2.24, 2.45) is 5.92 Å². The van der Waals surface area contributed by atoms with Gasteiger partial charge in [-0.2, -0.15) is 0 Å². The summed E-state index contributed by atoms with van der Waals surface area (Å²) in [4.78, 5) is 29.1. The molecule has 1 aliphatic heterocycles. The number of aromatic amines is 1. The lowest BCUT2D eigenvalue weighted by Crippen LogP contribution is -2.32. The summed E-state index contributed by atoms with van der Waals surface area (Å²) in [6.45, 7) is 3.71. The van der Waals surface area contributed by atoms with Crippen LogP contribution in [0, 0.1) is 5.92 Å². The molecule has 2 aromatic heterocycles. The maximum Gasteiger partial charge on any atom is 0.287 e. The van der Waals surface area contributed by atoms with E-state index in [-0.39, 0.29) is 5.91 Å². The zero-order valence-corrected chi connectivity index (χ0v) is 11.9. The third-order valence-corrected chi connectivity index (χ3v) is 3.79. The summed E-state index contributed by atoms with van der Waals surface area (Å²) in [5, 5.41) is 2.93. The fourth-order valence-electron chi connectivity index (χ4n) is 2.77. The van der Waals surface area contributed by atoms with E-state index >= 15 is 0 Å². The molecule has 0 saturated carbocycles. The fourth-order valence-corrected chi connectivity index (χ4v) is 2.77. The second kappa shape index (κ2) is 5.90. The van der Waals surface area contributed by atoms with Crippen LogP contribution in [0.5, 0.6) is 0 Å². The zero-order valence-electron chi connectivity index (χ0n) is 11.9. The van der Waals surface area contributed by atoms with Crippen LogP contribution in [0.4, 0.5) is 5.82 Å². The number of nitrogens with one attached hydrogen (secondary N) is 2. The van der Waals surface area contributed by atoms with Gasteiger partial charge in [-0.1, -0.05) is 0 Å². The zero-order chi connectivity index (χ0) is 14.7. The Morgan fingerprint density at radius 3 is 3.10 bits per heavy atom. The highest BCUT2D eigenvalue weighted by Crippen LogP contribution is 2.26. The van der Waals surface area contributed by atoms with Gasteiger partial charge in [0, 0.05) is 37.7 Å². The Morgan fingerprint density at radius 2 is 2.38 bits per heavy atom. The molecule has 1 amide bonds. The van der Waals surface area contributed by atoms with Gasteiger partial charge in [-0.3, -0.25) is 4.79 Å². The molecule has 0 aromatic carbocycles. The van der Waals surface area contributed by atoms with Crippen LogP contribution < -0.4 is 10.2 Å². The van der Waals surface area contributed by atoms with E-state index in [0.717, 1.165) is 18.8 Å². The van der Waals surface area contributed by atoms with Crippen molar-refractivity contribution in [2.75, 3.05) is 18.0 Å². The number of carbonyl (C=O) groups excluding carboxylic acids is 1. The molecule has 7 nitrogen and oxygen atoms in total. The molecular formula is C14H18N6O. The molecular weight excluding hydrogens is 268 g/mol. The standard InChI is InChI=1S/C14H18N6O/c1-10-6-11(7-18-14(21)13-16-4-5-17-13)8-20(10)12-2-3-15-9-19-12/h2-5,9-11H,6-8H2,1H3,(H,16,17)(H,18,21). The monoisotopic (exact) mass is 286 g/mol. The Morgan fingerprint density at radius 1 is 1.48 bits per heavy atom. The first-order valence-corrected chi connectivity index (χ1v) is 7.04. The molecule has 2 unspecified atom stereocenters. The highest BCUT2D eigenvalue weighted by Gasteiger charge is 2.30. The quantitative estimate of drug-likeness (QED) is 0.870. The first kappa shape index (κ1) is 13.5. The molecule has 110 valence electrons. The van der Waals surface area contributed by atoms with Gasteiger partial charge in [0.15, 0.2) is 5.82 Å². The topological polar surface area (TPSA) is 86.8 Å². The van der Waals surface area contributed by atoms with Gasteiger partial charge in [-0.15, -0.1) is 0 Å². The average Bonchev–Trinajstić information content (AvgIpc) is 3.15. The Hall–Kier alpha value is -2.44. The molecule has 0 radical (unpaired) electrons. The molecule has 3 heterocycles. The summed E-state index contributed by atoms with van der Waals surface area (Å²) < 4.78 is 0.